The van der Waals surface area contributed by atoms with Crippen LogP contribution in [0.25, 0.3) is 0 Å². The molecule has 7 heteroatoms. The Morgan fingerprint density at radius 1 is 1.35 bits per heavy atom. The quantitative estimate of drug-likeness (QED) is 0.841. The molecule has 20 heavy (non-hydrogen) atoms. The minimum absolute atomic E-state index is 0.0900. The van der Waals surface area contributed by atoms with Crippen molar-refractivity contribution in [3.8, 4) is 0 Å². The topological polar surface area (TPSA) is 96.7 Å². The van der Waals surface area contributed by atoms with Crippen LogP contribution in [0.2, 0.25) is 0 Å². The molecule has 0 saturated heterocycles. The average molecular weight is 277 g/mol. The van der Waals surface area contributed by atoms with Gasteiger partial charge in [-0.25, -0.2) is 0 Å². The van der Waals surface area contributed by atoms with E-state index in [0.29, 0.717) is 24.6 Å². The zero-order chi connectivity index (χ0) is 14.5. The molecule has 0 unspecified atom stereocenters. The Morgan fingerprint density at radius 2 is 2.15 bits per heavy atom. The second-order valence-electron chi connectivity index (χ2n) is 4.71. The van der Waals surface area contributed by atoms with Crippen molar-refractivity contribution in [1.82, 2.24) is 20.3 Å². The van der Waals surface area contributed by atoms with E-state index in [1.165, 1.54) is 0 Å². The molecule has 0 radical (unpaired) electrons. The molecule has 0 aliphatic rings. The zero-order valence-electron chi connectivity index (χ0n) is 12.0. The van der Waals surface area contributed by atoms with Gasteiger partial charge in [0.05, 0.1) is 17.1 Å². The second-order valence-corrected chi connectivity index (χ2v) is 4.71. The van der Waals surface area contributed by atoms with Gasteiger partial charge in [0.1, 0.15) is 0 Å². The molecule has 2 aromatic rings. The number of nitrogens with one attached hydrogen (secondary N) is 2. The SMILES string of the molecule is CCCc1noc(CCC(=O)Nc2c(C)n[nH]c2C)n1. The molecule has 0 fully saturated rings. The lowest BCUT2D eigenvalue weighted by Crippen LogP contribution is -2.13. The summed E-state index contributed by atoms with van der Waals surface area (Å²) in [5.74, 6) is 1.11. The standard InChI is InChI=1S/C13H19N5O2/c1-4-5-10-14-12(20-18-10)7-6-11(19)15-13-8(2)16-17-9(13)3/h4-7H2,1-3H3,(H,15,19)(H,16,17). The van der Waals surface area contributed by atoms with E-state index in [1.807, 2.05) is 13.8 Å². The van der Waals surface area contributed by atoms with Gasteiger partial charge in [-0.15, -0.1) is 0 Å². The molecule has 1 amide bonds. The van der Waals surface area contributed by atoms with Crippen molar-refractivity contribution in [2.24, 2.45) is 0 Å². The number of carbonyl (C=O) groups excluding carboxylic acids is 1. The molecule has 0 aliphatic carbocycles. The maximum Gasteiger partial charge on any atom is 0.227 e. The van der Waals surface area contributed by atoms with E-state index in [9.17, 15) is 4.79 Å². The number of hydrogen-bond acceptors (Lipinski definition) is 5. The number of anilines is 1. The number of H-pyrrole nitrogens is 1. The summed E-state index contributed by atoms with van der Waals surface area (Å²) >= 11 is 0. The van der Waals surface area contributed by atoms with Gasteiger partial charge in [0.2, 0.25) is 11.8 Å². The molecule has 2 heterocycles. The van der Waals surface area contributed by atoms with Crippen LogP contribution < -0.4 is 5.32 Å². The van der Waals surface area contributed by atoms with Crippen LogP contribution >= 0.6 is 0 Å². The van der Waals surface area contributed by atoms with E-state index in [2.05, 4.69) is 32.6 Å². The van der Waals surface area contributed by atoms with E-state index in [1.54, 1.807) is 0 Å². The van der Waals surface area contributed by atoms with Crippen LogP contribution in [-0.2, 0) is 17.6 Å². The van der Waals surface area contributed by atoms with Crippen molar-refractivity contribution in [2.45, 2.75) is 46.5 Å². The van der Waals surface area contributed by atoms with Crippen LogP contribution in [0.5, 0.6) is 0 Å². The predicted molar refractivity (Wildman–Crippen MR) is 73.3 cm³/mol. The van der Waals surface area contributed by atoms with Crippen molar-refractivity contribution in [3.05, 3.63) is 23.1 Å². The van der Waals surface area contributed by atoms with Crippen molar-refractivity contribution >= 4 is 11.6 Å². The van der Waals surface area contributed by atoms with Gasteiger partial charge in [0.25, 0.3) is 0 Å². The third-order valence-corrected chi connectivity index (χ3v) is 2.94. The molecule has 2 aromatic heterocycles. The minimum Gasteiger partial charge on any atom is -0.339 e. The fourth-order valence-corrected chi connectivity index (χ4v) is 1.87. The van der Waals surface area contributed by atoms with E-state index in [4.69, 9.17) is 4.52 Å². The summed E-state index contributed by atoms with van der Waals surface area (Å²) in [6.07, 6.45) is 2.51. The molecular weight excluding hydrogens is 258 g/mol. The first-order valence-corrected chi connectivity index (χ1v) is 6.73. The smallest absolute Gasteiger partial charge is 0.227 e. The predicted octanol–water partition coefficient (Wildman–Crippen LogP) is 1.93. The molecule has 0 aromatic carbocycles. The molecule has 2 N–H and O–H groups in total. The number of rotatable bonds is 6. The summed E-state index contributed by atoms with van der Waals surface area (Å²) in [5.41, 5.74) is 2.37. The lowest BCUT2D eigenvalue weighted by atomic mass is 10.2. The van der Waals surface area contributed by atoms with Crippen LogP contribution in [0.3, 0.4) is 0 Å². The Balaban J connectivity index is 1.85. The normalized spacial score (nSPS) is 10.8. The van der Waals surface area contributed by atoms with Crippen molar-refractivity contribution in [3.63, 3.8) is 0 Å². The highest BCUT2D eigenvalue weighted by Gasteiger charge is 2.12. The maximum absolute atomic E-state index is 11.9. The summed E-state index contributed by atoms with van der Waals surface area (Å²) < 4.78 is 5.09. The summed E-state index contributed by atoms with van der Waals surface area (Å²) in [5, 5.41) is 13.6. The molecule has 0 spiro atoms. The summed E-state index contributed by atoms with van der Waals surface area (Å²) in [4.78, 5) is 16.1. The zero-order valence-corrected chi connectivity index (χ0v) is 12.0. The van der Waals surface area contributed by atoms with Crippen molar-refractivity contribution in [1.29, 1.82) is 0 Å². The molecule has 0 aliphatic heterocycles. The Morgan fingerprint density at radius 3 is 2.80 bits per heavy atom. The van der Waals surface area contributed by atoms with Gasteiger partial charge < -0.3 is 9.84 Å². The largest absolute Gasteiger partial charge is 0.339 e. The number of aromatic amines is 1. The highest BCUT2D eigenvalue weighted by atomic mass is 16.5. The first kappa shape index (κ1) is 14.2. The third kappa shape index (κ3) is 3.43. The first-order chi connectivity index (χ1) is 9.60. The second kappa shape index (κ2) is 6.31. The number of aromatic nitrogens is 4. The Hall–Kier alpha value is -2.18. The van der Waals surface area contributed by atoms with Crippen LogP contribution in [0, 0.1) is 13.8 Å². The molecular formula is C13H19N5O2. The van der Waals surface area contributed by atoms with Gasteiger partial charge in [-0.3, -0.25) is 9.89 Å². The molecule has 2 rings (SSSR count). The van der Waals surface area contributed by atoms with E-state index in [-0.39, 0.29) is 5.91 Å². The fourth-order valence-electron chi connectivity index (χ4n) is 1.87. The Labute approximate surface area is 117 Å². The van der Waals surface area contributed by atoms with Crippen molar-refractivity contribution in [2.75, 3.05) is 5.32 Å². The van der Waals surface area contributed by atoms with Gasteiger partial charge in [-0.2, -0.15) is 10.1 Å². The Kier molecular flexibility index (Phi) is 4.49. The van der Waals surface area contributed by atoms with Gasteiger partial charge in [0.15, 0.2) is 5.82 Å². The van der Waals surface area contributed by atoms with Gasteiger partial charge >= 0.3 is 0 Å². The summed E-state index contributed by atoms with van der Waals surface area (Å²) in [6.45, 7) is 5.76. The Bertz CT molecular complexity index is 568. The monoisotopic (exact) mass is 277 g/mol. The third-order valence-electron chi connectivity index (χ3n) is 2.94. The molecule has 0 saturated carbocycles. The first-order valence-electron chi connectivity index (χ1n) is 6.73. The van der Waals surface area contributed by atoms with Gasteiger partial charge in [-0.05, 0) is 20.3 Å². The molecule has 7 nitrogen and oxygen atoms in total. The summed E-state index contributed by atoms with van der Waals surface area (Å²) in [6, 6.07) is 0. The van der Waals surface area contributed by atoms with Crippen LogP contribution in [0.1, 0.15) is 42.9 Å². The molecule has 0 bridgehead atoms. The molecule has 0 atom stereocenters. The lowest BCUT2D eigenvalue weighted by Gasteiger charge is -2.03. The maximum atomic E-state index is 11.9. The molecule has 108 valence electrons. The number of aryl methyl sites for hydroxylation is 4. The van der Waals surface area contributed by atoms with Crippen molar-refractivity contribution < 1.29 is 9.32 Å². The van der Waals surface area contributed by atoms with Crippen LogP contribution in [0.4, 0.5) is 5.69 Å². The van der Waals surface area contributed by atoms with Gasteiger partial charge in [0, 0.05) is 19.3 Å². The van der Waals surface area contributed by atoms with E-state index >= 15 is 0 Å². The highest BCUT2D eigenvalue weighted by Crippen LogP contribution is 2.16. The van der Waals surface area contributed by atoms with E-state index < -0.39 is 0 Å². The van der Waals surface area contributed by atoms with Crippen LogP contribution in [-0.4, -0.2) is 26.2 Å². The van der Waals surface area contributed by atoms with Crippen LogP contribution in [0.15, 0.2) is 4.52 Å². The lowest BCUT2D eigenvalue weighted by molar-refractivity contribution is -0.116. The van der Waals surface area contributed by atoms with Gasteiger partial charge in [-0.1, -0.05) is 12.1 Å². The summed E-state index contributed by atoms with van der Waals surface area (Å²) in [7, 11) is 0. The highest BCUT2D eigenvalue weighted by molar-refractivity contribution is 5.91. The number of hydrogen-bond donors (Lipinski definition) is 2. The number of amides is 1. The fraction of sp³-hybridized carbons (Fsp3) is 0.538. The average Bonchev–Trinajstić information content (AvgIpc) is 2.99. The minimum atomic E-state index is -0.0900. The number of nitrogens with zero attached hydrogens (tertiary/aromatic N) is 3. The number of carbonyl (C=O) groups is 1. The van der Waals surface area contributed by atoms with E-state index in [0.717, 1.165) is 29.9 Å².